The molecule has 0 radical (unpaired) electrons. The smallest absolute Gasteiger partial charge is 0.253 e. The van der Waals surface area contributed by atoms with Crippen molar-refractivity contribution in [2.24, 2.45) is 0 Å². The second-order valence-corrected chi connectivity index (χ2v) is 6.93. The lowest BCUT2D eigenvalue weighted by Crippen LogP contribution is -2.26. The normalized spacial score (nSPS) is 10.9. The van der Waals surface area contributed by atoms with Crippen molar-refractivity contribution in [3.8, 4) is 22.6 Å². The van der Waals surface area contributed by atoms with E-state index in [1.807, 2.05) is 42.5 Å². The number of anilines is 1. The Morgan fingerprint density at radius 3 is 2.69 bits per heavy atom. The van der Waals surface area contributed by atoms with Crippen LogP contribution in [0, 0.1) is 0 Å². The fourth-order valence-corrected chi connectivity index (χ4v) is 3.23. The van der Waals surface area contributed by atoms with E-state index >= 15 is 0 Å². The average molecular weight is 424 g/mol. The molecule has 10 heteroatoms. The molecule has 0 bridgehead atoms. The predicted octanol–water partition coefficient (Wildman–Crippen LogP) is 2.05. The quantitative estimate of drug-likeness (QED) is 0.458. The molecule has 32 heavy (non-hydrogen) atoms. The molecule has 0 aliphatic carbocycles. The minimum Gasteiger partial charge on any atom is -0.325 e. The number of carbonyl (C=O) groups is 1. The van der Waals surface area contributed by atoms with Gasteiger partial charge >= 0.3 is 0 Å². The van der Waals surface area contributed by atoms with Crippen molar-refractivity contribution >= 4 is 17.2 Å². The first-order valence-electron chi connectivity index (χ1n) is 9.71. The van der Waals surface area contributed by atoms with E-state index in [1.165, 1.54) is 23.2 Å². The summed E-state index contributed by atoms with van der Waals surface area (Å²) in [6.07, 6.45) is 6.11. The van der Waals surface area contributed by atoms with E-state index in [0.29, 0.717) is 22.9 Å². The Balaban J connectivity index is 1.42. The minimum atomic E-state index is -0.335. The first-order valence-corrected chi connectivity index (χ1v) is 9.71. The molecule has 0 aliphatic rings. The first-order chi connectivity index (χ1) is 15.7. The number of nitrogens with zero attached hydrogens (tertiary/aromatic N) is 7. The van der Waals surface area contributed by atoms with Crippen molar-refractivity contribution in [2.75, 3.05) is 5.32 Å². The summed E-state index contributed by atoms with van der Waals surface area (Å²) in [7, 11) is 0. The SMILES string of the molecule is O=C(Cn1cnccc1=O)Nc1cccc(-c2ccc3nnc(-c4cccnc4)n3n2)c1. The molecule has 0 unspecified atom stereocenters. The maximum Gasteiger partial charge on any atom is 0.253 e. The Kier molecular flexibility index (Phi) is 4.92. The molecular weight excluding hydrogens is 408 g/mol. The zero-order valence-electron chi connectivity index (χ0n) is 16.7. The number of amides is 1. The molecule has 1 amide bonds. The van der Waals surface area contributed by atoms with Crippen LogP contribution in [0.3, 0.4) is 0 Å². The maximum atomic E-state index is 12.4. The highest BCUT2D eigenvalue weighted by Crippen LogP contribution is 2.23. The summed E-state index contributed by atoms with van der Waals surface area (Å²) < 4.78 is 2.90. The molecule has 10 nitrogen and oxygen atoms in total. The number of carbonyl (C=O) groups excluding carboxylic acids is 1. The van der Waals surface area contributed by atoms with E-state index in [-0.39, 0.29) is 18.0 Å². The number of hydrogen-bond acceptors (Lipinski definition) is 7. The fraction of sp³-hybridized carbons (Fsp3) is 0.0455. The van der Waals surface area contributed by atoms with E-state index in [1.54, 1.807) is 23.0 Å². The number of nitrogens with one attached hydrogen (secondary N) is 1. The number of hydrogen-bond donors (Lipinski definition) is 1. The van der Waals surface area contributed by atoms with Gasteiger partial charge in [-0.15, -0.1) is 10.2 Å². The molecule has 5 aromatic rings. The van der Waals surface area contributed by atoms with Gasteiger partial charge in [0.15, 0.2) is 11.5 Å². The zero-order valence-corrected chi connectivity index (χ0v) is 16.7. The number of fused-ring (bicyclic) bond motifs is 1. The van der Waals surface area contributed by atoms with E-state index in [2.05, 4.69) is 30.6 Å². The van der Waals surface area contributed by atoms with Crippen LogP contribution >= 0.6 is 0 Å². The molecule has 0 fully saturated rings. The van der Waals surface area contributed by atoms with Crippen LogP contribution < -0.4 is 10.9 Å². The van der Waals surface area contributed by atoms with Gasteiger partial charge in [-0.25, -0.2) is 4.98 Å². The molecule has 4 aromatic heterocycles. The lowest BCUT2D eigenvalue weighted by Gasteiger charge is -2.09. The van der Waals surface area contributed by atoms with Gasteiger partial charge < -0.3 is 5.32 Å². The van der Waals surface area contributed by atoms with Crippen molar-refractivity contribution in [3.63, 3.8) is 0 Å². The Morgan fingerprint density at radius 1 is 0.938 bits per heavy atom. The second-order valence-electron chi connectivity index (χ2n) is 6.93. The van der Waals surface area contributed by atoms with Gasteiger partial charge in [0.25, 0.3) is 5.56 Å². The lowest BCUT2D eigenvalue weighted by molar-refractivity contribution is -0.116. The van der Waals surface area contributed by atoms with Gasteiger partial charge in [0.05, 0.1) is 12.0 Å². The van der Waals surface area contributed by atoms with Crippen molar-refractivity contribution in [1.82, 2.24) is 34.3 Å². The summed E-state index contributed by atoms with van der Waals surface area (Å²) in [5.41, 5.74) is 3.19. The van der Waals surface area contributed by atoms with E-state index in [9.17, 15) is 9.59 Å². The highest BCUT2D eigenvalue weighted by Gasteiger charge is 2.12. The topological polar surface area (TPSA) is 120 Å². The third-order valence-corrected chi connectivity index (χ3v) is 4.73. The number of pyridine rings is 1. The molecular formula is C22H16N8O2. The second kappa shape index (κ2) is 8.19. The Bertz CT molecular complexity index is 1480. The fourth-order valence-electron chi connectivity index (χ4n) is 3.23. The van der Waals surface area contributed by atoms with Crippen LogP contribution in [0.5, 0.6) is 0 Å². The molecule has 1 N–H and O–H groups in total. The van der Waals surface area contributed by atoms with Gasteiger partial charge in [-0.3, -0.25) is 19.1 Å². The molecule has 0 atom stereocenters. The van der Waals surface area contributed by atoms with Crippen LogP contribution in [-0.2, 0) is 11.3 Å². The van der Waals surface area contributed by atoms with Crippen LogP contribution in [0.1, 0.15) is 0 Å². The third-order valence-electron chi connectivity index (χ3n) is 4.73. The summed E-state index contributed by atoms with van der Waals surface area (Å²) in [5, 5.41) is 15.9. The van der Waals surface area contributed by atoms with Gasteiger partial charge in [-0.1, -0.05) is 12.1 Å². The maximum absolute atomic E-state index is 12.4. The molecule has 5 rings (SSSR count). The predicted molar refractivity (Wildman–Crippen MR) is 117 cm³/mol. The van der Waals surface area contributed by atoms with Crippen molar-refractivity contribution < 1.29 is 4.79 Å². The highest BCUT2D eigenvalue weighted by atomic mass is 16.2. The molecule has 1 aromatic carbocycles. The highest BCUT2D eigenvalue weighted by molar-refractivity contribution is 5.91. The van der Waals surface area contributed by atoms with Gasteiger partial charge in [-0.05, 0) is 36.4 Å². The first kappa shape index (κ1) is 19.2. The number of aromatic nitrogens is 7. The summed E-state index contributed by atoms with van der Waals surface area (Å²) in [6.45, 7) is -0.129. The molecule has 156 valence electrons. The largest absolute Gasteiger partial charge is 0.325 e. The van der Waals surface area contributed by atoms with Crippen LogP contribution in [-0.4, -0.2) is 40.3 Å². The standard InChI is InChI=1S/C22H16N8O2/c31-20(13-29-14-24-10-8-21(29)32)25-17-5-1-3-15(11-17)18-6-7-19-26-27-22(30(19)28-18)16-4-2-9-23-12-16/h1-12,14H,13H2,(H,25,31). The van der Waals surface area contributed by atoms with Crippen molar-refractivity contribution in [3.05, 3.63) is 89.9 Å². The summed E-state index contributed by atoms with van der Waals surface area (Å²) in [4.78, 5) is 32.2. The van der Waals surface area contributed by atoms with Crippen LogP contribution in [0.15, 0.2) is 84.3 Å². The van der Waals surface area contributed by atoms with E-state index < -0.39 is 0 Å². The van der Waals surface area contributed by atoms with E-state index in [4.69, 9.17) is 0 Å². The summed E-state index contributed by atoms with van der Waals surface area (Å²) in [5.74, 6) is 0.250. The monoisotopic (exact) mass is 424 g/mol. The minimum absolute atomic E-state index is 0.129. The molecule has 0 aliphatic heterocycles. The Labute approximate surface area is 181 Å². The van der Waals surface area contributed by atoms with Crippen LogP contribution in [0.25, 0.3) is 28.3 Å². The summed E-state index contributed by atoms with van der Waals surface area (Å²) >= 11 is 0. The molecule has 0 spiro atoms. The van der Waals surface area contributed by atoms with Gasteiger partial charge in [-0.2, -0.15) is 9.61 Å². The van der Waals surface area contributed by atoms with Crippen molar-refractivity contribution in [1.29, 1.82) is 0 Å². The zero-order chi connectivity index (χ0) is 21.9. The molecule has 0 saturated carbocycles. The Hall–Kier alpha value is -4.73. The average Bonchev–Trinajstić information content (AvgIpc) is 3.25. The van der Waals surface area contributed by atoms with Crippen LogP contribution in [0.2, 0.25) is 0 Å². The molecule has 0 saturated heterocycles. The van der Waals surface area contributed by atoms with Crippen LogP contribution in [0.4, 0.5) is 5.69 Å². The molecule has 4 heterocycles. The number of rotatable bonds is 5. The van der Waals surface area contributed by atoms with Gasteiger partial charge in [0.2, 0.25) is 5.91 Å². The van der Waals surface area contributed by atoms with E-state index in [0.717, 1.165) is 11.1 Å². The Morgan fingerprint density at radius 2 is 1.84 bits per heavy atom. The lowest BCUT2D eigenvalue weighted by atomic mass is 10.1. The van der Waals surface area contributed by atoms with Gasteiger partial charge in [0, 0.05) is 41.5 Å². The third kappa shape index (κ3) is 3.84. The summed E-state index contributed by atoms with van der Waals surface area (Å²) in [6, 6.07) is 16.0. The van der Waals surface area contributed by atoms with Crippen molar-refractivity contribution in [2.45, 2.75) is 6.54 Å². The van der Waals surface area contributed by atoms with Gasteiger partial charge in [0.1, 0.15) is 6.54 Å². The number of benzene rings is 1.